The minimum atomic E-state index is -4.00. The molecule has 0 aliphatic heterocycles. The monoisotopic (exact) mass is 395 g/mol. The smallest absolute Gasteiger partial charge is 0.335 e. The van der Waals surface area contributed by atoms with Gasteiger partial charge in [-0.3, -0.25) is 4.79 Å². The minimum absolute atomic E-state index is 0.0520. The molecule has 2 aromatic carbocycles. The number of halogens is 1. The fourth-order valence-electron chi connectivity index (χ4n) is 2.14. The molecule has 0 aromatic heterocycles. The summed E-state index contributed by atoms with van der Waals surface area (Å²) in [4.78, 5) is 23.2. The molecule has 0 saturated heterocycles. The van der Waals surface area contributed by atoms with Gasteiger partial charge in [0.15, 0.2) is 0 Å². The first kappa shape index (κ1) is 20.3. The van der Waals surface area contributed by atoms with Gasteiger partial charge in [-0.1, -0.05) is 0 Å². The highest BCUT2D eigenvalue weighted by Gasteiger charge is 2.27. The molecule has 0 unspecified atom stereocenters. The first-order chi connectivity index (χ1) is 12.6. The van der Waals surface area contributed by atoms with E-state index in [2.05, 4.69) is 5.32 Å². The number of nitrogens with one attached hydrogen (secondary N) is 1. The van der Waals surface area contributed by atoms with Gasteiger partial charge in [-0.05, 0) is 48.5 Å². The van der Waals surface area contributed by atoms with Crippen molar-refractivity contribution in [3.05, 3.63) is 59.9 Å². The maximum atomic E-state index is 13.1. The van der Waals surface area contributed by atoms with Gasteiger partial charge in [0, 0.05) is 19.8 Å². The van der Waals surface area contributed by atoms with Crippen LogP contribution in [0, 0.1) is 5.82 Å². The summed E-state index contributed by atoms with van der Waals surface area (Å²) in [5.74, 6) is -2.29. The molecule has 144 valence electrons. The molecule has 2 N–H and O–H groups in total. The Morgan fingerprint density at radius 1 is 1.04 bits per heavy atom. The standard InChI is InChI=1S/C17H18FN3O5S/c1-20(2)27(25,26)21(15-9-5-13(18)6-10-15)11-16(22)19-14-7-3-12(4-8-14)17(23)24/h3-10H,11H2,1-2H3,(H,19,22)(H,23,24). The number of rotatable bonds is 7. The van der Waals surface area contributed by atoms with Crippen LogP contribution in [0.3, 0.4) is 0 Å². The zero-order chi connectivity index (χ0) is 20.2. The second kappa shape index (κ2) is 8.14. The highest BCUT2D eigenvalue weighted by Crippen LogP contribution is 2.20. The van der Waals surface area contributed by atoms with Gasteiger partial charge in [0.25, 0.3) is 0 Å². The molecule has 0 saturated carbocycles. The Morgan fingerprint density at radius 3 is 2.07 bits per heavy atom. The van der Waals surface area contributed by atoms with Crippen LogP contribution in [0.25, 0.3) is 0 Å². The first-order valence-electron chi connectivity index (χ1n) is 7.70. The molecule has 2 rings (SSSR count). The van der Waals surface area contributed by atoms with Crippen LogP contribution < -0.4 is 9.62 Å². The molecule has 10 heteroatoms. The van der Waals surface area contributed by atoms with Crippen LogP contribution in [0.5, 0.6) is 0 Å². The van der Waals surface area contributed by atoms with Crippen LogP contribution in [0.2, 0.25) is 0 Å². The number of carbonyl (C=O) groups is 2. The second-order valence-corrected chi connectivity index (χ2v) is 7.77. The van der Waals surface area contributed by atoms with E-state index >= 15 is 0 Å². The van der Waals surface area contributed by atoms with Gasteiger partial charge in [0.2, 0.25) is 5.91 Å². The van der Waals surface area contributed by atoms with Crippen molar-refractivity contribution >= 4 is 33.5 Å². The third-order valence-electron chi connectivity index (χ3n) is 3.56. The second-order valence-electron chi connectivity index (χ2n) is 5.70. The molecule has 0 heterocycles. The fraction of sp³-hybridized carbons (Fsp3) is 0.176. The molecule has 1 amide bonds. The molecule has 27 heavy (non-hydrogen) atoms. The lowest BCUT2D eigenvalue weighted by Gasteiger charge is -2.26. The number of aromatic carboxylic acids is 1. The van der Waals surface area contributed by atoms with Crippen LogP contribution in [-0.4, -0.2) is 50.3 Å². The quantitative estimate of drug-likeness (QED) is 0.743. The van der Waals surface area contributed by atoms with Gasteiger partial charge in [-0.15, -0.1) is 0 Å². The molecule has 8 nitrogen and oxygen atoms in total. The number of carbonyl (C=O) groups excluding carboxylic acids is 1. The van der Waals surface area contributed by atoms with Crippen molar-refractivity contribution in [2.24, 2.45) is 0 Å². The highest BCUT2D eigenvalue weighted by molar-refractivity contribution is 7.90. The Kier molecular flexibility index (Phi) is 6.13. The van der Waals surface area contributed by atoms with Crippen molar-refractivity contribution in [1.82, 2.24) is 4.31 Å². The average molecular weight is 395 g/mol. The molecule has 0 atom stereocenters. The van der Waals surface area contributed by atoms with Crippen molar-refractivity contribution in [1.29, 1.82) is 0 Å². The van der Waals surface area contributed by atoms with Gasteiger partial charge in [0.1, 0.15) is 12.4 Å². The number of carboxylic acids is 1. The molecule has 0 aliphatic carbocycles. The highest BCUT2D eigenvalue weighted by atomic mass is 32.2. The number of amides is 1. The number of hydrogen-bond donors (Lipinski definition) is 2. The van der Waals surface area contributed by atoms with Gasteiger partial charge in [-0.2, -0.15) is 12.7 Å². The Hall–Kier alpha value is -2.98. The Morgan fingerprint density at radius 2 is 1.59 bits per heavy atom. The summed E-state index contributed by atoms with van der Waals surface area (Å²) < 4.78 is 40.0. The predicted octanol–water partition coefficient (Wildman–Crippen LogP) is 1.78. The lowest BCUT2D eigenvalue weighted by Crippen LogP contribution is -2.44. The summed E-state index contributed by atoms with van der Waals surface area (Å²) in [5.41, 5.74) is 0.490. The van der Waals surface area contributed by atoms with E-state index in [1.165, 1.54) is 50.5 Å². The van der Waals surface area contributed by atoms with E-state index in [1.807, 2.05) is 0 Å². The zero-order valence-electron chi connectivity index (χ0n) is 14.6. The molecule has 2 aromatic rings. The van der Waals surface area contributed by atoms with E-state index < -0.39 is 34.4 Å². The van der Waals surface area contributed by atoms with Crippen molar-refractivity contribution < 1.29 is 27.5 Å². The van der Waals surface area contributed by atoms with Crippen LogP contribution >= 0.6 is 0 Å². The van der Waals surface area contributed by atoms with E-state index in [-0.39, 0.29) is 11.3 Å². The van der Waals surface area contributed by atoms with Crippen LogP contribution in [0.1, 0.15) is 10.4 Å². The predicted molar refractivity (Wildman–Crippen MR) is 98.4 cm³/mol. The van der Waals surface area contributed by atoms with Crippen molar-refractivity contribution in [3.8, 4) is 0 Å². The van der Waals surface area contributed by atoms with Crippen LogP contribution in [0.15, 0.2) is 48.5 Å². The summed E-state index contributed by atoms with van der Waals surface area (Å²) >= 11 is 0. The lowest BCUT2D eigenvalue weighted by molar-refractivity contribution is -0.114. The molecule has 0 aliphatic rings. The third kappa shape index (κ3) is 5.02. The number of benzene rings is 2. The van der Waals surface area contributed by atoms with Crippen LogP contribution in [0.4, 0.5) is 15.8 Å². The van der Waals surface area contributed by atoms with Gasteiger partial charge >= 0.3 is 16.2 Å². The third-order valence-corrected chi connectivity index (χ3v) is 5.38. The molecular formula is C17H18FN3O5S. The fourth-order valence-corrected chi connectivity index (χ4v) is 3.20. The topological polar surface area (TPSA) is 107 Å². The van der Waals surface area contributed by atoms with Crippen molar-refractivity contribution in [3.63, 3.8) is 0 Å². The van der Waals surface area contributed by atoms with E-state index in [0.29, 0.717) is 5.69 Å². The number of carboxylic acid groups (broad SMARTS) is 1. The van der Waals surface area contributed by atoms with Gasteiger partial charge < -0.3 is 10.4 Å². The zero-order valence-corrected chi connectivity index (χ0v) is 15.4. The largest absolute Gasteiger partial charge is 0.478 e. The summed E-state index contributed by atoms with van der Waals surface area (Å²) in [7, 11) is -1.38. The van der Waals surface area contributed by atoms with E-state index in [0.717, 1.165) is 20.7 Å². The SMILES string of the molecule is CN(C)S(=O)(=O)N(CC(=O)Nc1ccc(C(=O)O)cc1)c1ccc(F)cc1. The summed E-state index contributed by atoms with van der Waals surface area (Å²) in [6.07, 6.45) is 0. The molecule has 0 radical (unpaired) electrons. The Balaban J connectivity index is 2.22. The normalized spacial score (nSPS) is 11.3. The molecule has 0 bridgehead atoms. The van der Waals surface area contributed by atoms with Crippen molar-refractivity contribution in [2.75, 3.05) is 30.3 Å². The van der Waals surface area contributed by atoms with Crippen molar-refractivity contribution in [2.45, 2.75) is 0 Å². The molecule has 0 fully saturated rings. The maximum Gasteiger partial charge on any atom is 0.335 e. The summed E-state index contributed by atoms with van der Waals surface area (Å²) in [6, 6.07) is 10.1. The number of anilines is 2. The summed E-state index contributed by atoms with van der Waals surface area (Å²) in [5, 5.41) is 11.4. The Bertz CT molecular complexity index is 928. The Labute approximate surface area is 156 Å². The minimum Gasteiger partial charge on any atom is -0.478 e. The van der Waals surface area contributed by atoms with Crippen LogP contribution in [-0.2, 0) is 15.0 Å². The van der Waals surface area contributed by atoms with E-state index in [9.17, 15) is 22.4 Å². The summed E-state index contributed by atoms with van der Waals surface area (Å²) in [6.45, 7) is -0.549. The molecule has 0 spiro atoms. The van der Waals surface area contributed by atoms with Gasteiger partial charge in [-0.25, -0.2) is 13.5 Å². The maximum absolute atomic E-state index is 13.1. The molecular weight excluding hydrogens is 377 g/mol. The average Bonchev–Trinajstić information content (AvgIpc) is 2.60. The lowest BCUT2D eigenvalue weighted by atomic mass is 10.2. The number of hydrogen-bond acceptors (Lipinski definition) is 4. The van der Waals surface area contributed by atoms with Gasteiger partial charge in [0.05, 0.1) is 11.3 Å². The number of nitrogens with zero attached hydrogens (tertiary/aromatic N) is 2. The van der Waals surface area contributed by atoms with E-state index in [4.69, 9.17) is 5.11 Å². The first-order valence-corrected chi connectivity index (χ1v) is 9.10. The van der Waals surface area contributed by atoms with E-state index in [1.54, 1.807) is 0 Å².